The number of hydrogen-bond donors (Lipinski definition) is 2. The Hall–Kier alpha value is -1.27. The van der Waals surface area contributed by atoms with Crippen LogP contribution < -0.4 is 10.6 Å². The predicted octanol–water partition coefficient (Wildman–Crippen LogP) is 3.42. The van der Waals surface area contributed by atoms with E-state index in [-0.39, 0.29) is 24.2 Å². The van der Waals surface area contributed by atoms with Crippen molar-refractivity contribution >= 4 is 29.8 Å². The van der Waals surface area contributed by atoms with Crippen LogP contribution in [0.2, 0.25) is 0 Å². The number of amides is 2. The van der Waals surface area contributed by atoms with Crippen LogP contribution in [0.4, 0.5) is 9.59 Å². The third-order valence-corrected chi connectivity index (χ3v) is 11.5. The van der Waals surface area contributed by atoms with Gasteiger partial charge in [-0.3, -0.25) is 0 Å². The smallest absolute Gasteiger partial charge is 0.449 e. The van der Waals surface area contributed by atoms with E-state index in [2.05, 4.69) is 10.6 Å². The minimum absolute atomic E-state index is 0.164. The average Bonchev–Trinajstić information content (AvgIpc) is 2.90. The number of carbonyl (C=O) groups is 2. The van der Waals surface area contributed by atoms with Crippen molar-refractivity contribution in [2.45, 2.75) is 67.2 Å². The quantitative estimate of drug-likeness (QED) is 0.206. The van der Waals surface area contributed by atoms with Crippen LogP contribution in [0, 0.1) is 11.8 Å². The fraction of sp³-hybridized carbons (Fsp3) is 0.917. The van der Waals surface area contributed by atoms with Crippen molar-refractivity contribution in [2.24, 2.45) is 11.8 Å². The van der Waals surface area contributed by atoms with Gasteiger partial charge in [-0.15, -0.1) is 0 Å². The summed E-state index contributed by atoms with van der Waals surface area (Å²) in [5.41, 5.74) is 0. The Morgan fingerprint density at radius 3 is 1.05 bits per heavy atom. The molecule has 14 heteroatoms. The Bertz CT molecular complexity index is 566. The Kier molecular flexibility index (Phi) is 18.1. The van der Waals surface area contributed by atoms with E-state index in [1.807, 2.05) is 41.5 Å². The predicted molar refractivity (Wildman–Crippen MR) is 145 cm³/mol. The third kappa shape index (κ3) is 13.2. The molecule has 0 radical (unpaired) electrons. The highest BCUT2D eigenvalue weighted by Crippen LogP contribution is 2.29. The lowest BCUT2D eigenvalue weighted by Crippen LogP contribution is -2.55. The van der Waals surface area contributed by atoms with E-state index in [0.717, 1.165) is 25.7 Å². The minimum atomic E-state index is -2.96. The van der Waals surface area contributed by atoms with Gasteiger partial charge in [0.2, 0.25) is 0 Å². The van der Waals surface area contributed by atoms with Crippen molar-refractivity contribution in [3.8, 4) is 0 Å². The second-order valence-corrected chi connectivity index (χ2v) is 13.9. The largest absolute Gasteiger partial charge is 0.521 e. The highest BCUT2D eigenvalue weighted by molar-refractivity contribution is 6.61. The van der Waals surface area contributed by atoms with Crippen molar-refractivity contribution in [1.82, 2.24) is 10.6 Å². The summed E-state index contributed by atoms with van der Waals surface area (Å²) in [6.45, 7) is 14.5. The summed E-state index contributed by atoms with van der Waals surface area (Å²) in [5.74, 6) is 0.544. The molecule has 0 aromatic carbocycles. The second kappa shape index (κ2) is 19.7. The van der Waals surface area contributed by atoms with Crippen molar-refractivity contribution < 1.29 is 45.6 Å². The van der Waals surface area contributed by atoms with Gasteiger partial charge in [-0.25, -0.2) is 9.59 Å². The molecule has 0 unspecified atom stereocenters. The summed E-state index contributed by atoms with van der Waals surface area (Å²) < 4.78 is 45.3. The molecule has 38 heavy (non-hydrogen) atoms. The van der Waals surface area contributed by atoms with Gasteiger partial charge in [0, 0.05) is 39.6 Å². The maximum Gasteiger partial charge on any atom is 0.521 e. The van der Waals surface area contributed by atoms with Gasteiger partial charge in [0.05, 0.1) is 25.5 Å². The van der Waals surface area contributed by atoms with Gasteiger partial charge in [-0.2, -0.15) is 0 Å². The van der Waals surface area contributed by atoms with Gasteiger partial charge in [0.25, 0.3) is 0 Å². The number of alkyl carbamates (subject to hydrolysis) is 2. The van der Waals surface area contributed by atoms with E-state index < -0.39 is 29.8 Å². The standard InChI is InChI=1S/C24H50N2O10Si2/c1-7-31-37(32-8-2,33-9-3)19-25-23(27)29-17-21-13-15-22(16-14-21)18-30-24(28)26-20-38(34-10-4,35-11-5)36-12-6/h21-22H,7-20H2,1-6H3,(H,25,27)(H,26,28). The zero-order valence-corrected chi connectivity index (χ0v) is 26.1. The van der Waals surface area contributed by atoms with Gasteiger partial charge in [-0.05, 0) is 79.1 Å². The highest BCUT2D eigenvalue weighted by Gasteiger charge is 2.42. The number of carbonyl (C=O) groups excluding carboxylic acids is 2. The fourth-order valence-electron chi connectivity index (χ4n) is 4.29. The summed E-state index contributed by atoms with van der Waals surface area (Å²) >= 11 is 0. The highest BCUT2D eigenvalue weighted by atomic mass is 28.4. The summed E-state index contributed by atoms with van der Waals surface area (Å²) in [6.07, 6.45) is 2.90. The van der Waals surface area contributed by atoms with Crippen LogP contribution in [0.25, 0.3) is 0 Å². The minimum Gasteiger partial charge on any atom is -0.449 e. The number of rotatable bonds is 20. The maximum absolute atomic E-state index is 12.3. The summed E-state index contributed by atoms with van der Waals surface area (Å²) in [5, 5.41) is 5.48. The molecule has 0 spiro atoms. The first-order valence-corrected chi connectivity index (χ1v) is 17.8. The monoisotopic (exact) mass is 582 g/mol. The van der Waals surface area contributed by atoms with Gasteiger partial charge < -0.3 is 46.7 Å². The molecule has 224 valence electrons. The average molecular weight is 583 g/mol. The van der Waals surface area contributed by atoms with Crippen LogP contribution >= 0.6 is 0 Å². The molecule has 0 atom stereocenters. The molecule has 1 aliphatic carbocycles. The van der Waals surface area contributed by atoms with Gasteiger partial charge in [0.15, 0.2) is 0 Å². The first kappa shape index (κ1) is 34.8. The first-order valence-electron chi connectivity index (χ1n) is 14.0. The van der Waals surface area contributed by atoms with Gasteiger partial charge in [0.1, 0.15) is 0 Å². The summed E-state index contributed by atoms with van der Waals surface area (Å²) in [7, 11) is -5.92. The molecule has 1 aliphatic rings. The molecule has 1 fully saturated rings. The number of nitrogens with one attached hydrogen (secondary N) is 2. The van der Waals surface area contributed by atoms with E-state index in [4.69, 9.17) is 36.0 Å². The lowest BCUT2D eigenvalue weighted by molar-refractivity contribution is 0.0638. The topological polar surface area (TPSA) is 132 Å². The van der Waals surface area contributed by atoms with Crippen molar-refractivity contribution in [3.63, 3.8) is 0 Å². The summed E-state index contributed by atoms with van der Waals surface area (Å²) in [6, 6.07) is 0. The Balaban J connectivity index is 2.34. The van der Waals surface area contributed by atoms with Crippen molar-refractivity contribution in [2.75, 3.05) is 65.2 Å². The molecule has 1 rings (SSSR count). The molecular weight excluding hydrogens is 532 g/mol. The lowest BCUT2D eigenvalue weighted by Gasteiger charge is -2.29. The van der Waals surface area contributed by atoms with Crippen LogP contribution in [0.3, 0.4) is 0 Å². The molecule has 2 N–H and O–H groups in total. The van der Waals surface area contributed by atoms with Crippen molar-refractivity contribution in [1.29, 1.82) is 0 Å². The zero-order valence-electron chi connectivity index (χ0n) is 24.1. The molecule has 0 aliphatic heterocycles. The Labute approximate surface area is 230 Å². The molecule has 0 heterocycles. The molecule has 0 saturated heterocycles. The Morgan fingerprint density at radius 1 is 0.553 bits per heavy atom. The molecule has 0 aromatic rings. The summed E-state index contributed by atoms with van der Waals surface area (Å²) in [4.78, 5) is 24.6. The maximum atomic E-state index is 12.3. The first-order chi connectivity index (χ1) is 18.3. The molecule has 1 saturated carbocycles. The third-order valence-electron chi connectivity index (χ3n) is 5.95. The molecule has 2 amide bonds. The normalized spacial score (nSPS) is 18.2. The van der Waals surface area contributed by atoms with Crippen LogP contribution in [0.15, 0.2) is 0 Å². The molecule has 0 aromatic heterocycles. The number of hydrogen-bond acceptors (Lipinski definition) is 10. The van der Waals surface area contributed by atoms with Gasteiger partial charge in [-0.1, -0.05) is 0 Å². The van der Waals surface area contributed by atoms with Crippen LogP contribution in [-0.4, -0.2) is 95.0 Å². The van der Waals surface area contributed by atoms with E-state index in [0.29, 0.717) is 52.9 Å². The molecule has 0 bridgehead atoms. The van der Waals surface area contributed by atoms with E-state index in [1.54, 1.807) is 0 Å². The lowest BCUT2D eigenvalue weighted by atomic mass is 9.83. The van der Waals surface area contributed by atoms with Crippen LogP contribution in [0.1, 0.15) is 67.2 Å². The van der Waals surface area contributed by atoms with Gasteiger partial charge >= 0.3 is 29.8 Å². The molecular formula is C24H50N2O10Si2. The van der Waals surface area contributed by atoms with E-state index in [1.165, 1.54) is 0 Å². The van der Waals surface area contributed by atoms with Crippen molar-refractivity contribution in [3.05, 3.63) is 0 Å². The fourth-order valence-corrected chi connectivity index (χ4v) is 8.76. The SMILES string of the molecule is CCO[Si](CNC(=O)OCC1CCC(COC(=O)NC[Si](OCC)(OCC)OCC)CC1)(OCC)OCC. The molecule has 12 nitrogen and oxygen atoms in total. The second-order valence-electron chi connectivity index (χ2n) is 8.75. The van der Waals surface area contributed by atoms with Crippen LogP contribution in [-0.2, 0) is 36.0 Å². The van der Waals surface area contributed by atoms with Crippen LogP contribution in [0.5, 0.6) is 0 Å². The Morgan fingerprint density at radius 2 is 0.816 bits per heavy atom. The van der Waals surface area contributed by atoms with E-state index in [9.17, 15) is 9.59 Å². The van der Waals surface area contributed by atoms with E-state index >= 15 is 0 Å². The zero-order chi connectivity index (χ0) is 28.3. The number of ether oxygens (including phenoxy) is 2.